The Morgan fingerprint density at radius 3 is 2.37 bits per heavy atom. The molecule has 0 saturated heterocycles. The molecule has 0 unspecified atom stereocenters. The van der Waals surface area contributed by atoms with Crippen LogP contribution in [0.3, 0.4) is 0 Å². The summed E-state index contributed by atoms with van der Waals surface area (Å²) in [5, 5.41) is 13.9. The Bertz CT molecular complexity index is 901. The number of carbonyl (C=O) groups is 3. The van der Waals surface area contributed by atoms with Gasteiger partial charge in [0.1, 0.15) is 5.75 Å². The highest BCUT2D eigenvalue weighted by molar-refractivity contribution is 5.97. The zero-order chi connectivity index (χ0) is 19.8. The summed E-state index contributed by atoms with van der Waals surface area (Å²) in [5.74, 6) is -1.13. The van der Waals surface area contributed by atoms with Crippen molar-refractivity contribution in [3.05, 3.63) is 53.6 Å². The van der Waals surface area contributed by atoms with Gasteiger partial charge in [-0.15, -0.1) is 0 Å². The number of nitrogens with zero attached hydrogens (tertiary/aromatic N) is 1. The summed E-state index contributed by atoms with van der Waals surface area (Å²) in [7, 11) is 1.44. The van der Waals surface area contributed by atoms with Crippen molar-refractivity contribution in [1.29, 1.82) is 5.26 Å². The van der Waals surface area contributed by atoms with E-state index in [2.05, 4.69) is 10.6 Å². The van der Waals surface area contributed by atoms with Crippen molar-refractivity contribution in [2.45, 2.75) is 6.92 Å². The second kappa shape index (κ2) is 9.01. The lowest BCUT2D eigenvalue weighted by atomic mass is 10.1. The molecule has 0 fully saturated rings. The van der Waals surface area contributed by atoms with E-state index >= 15 is 0 Å². The third kappa shape index (κ3) is 5.57. The molecular weight excluding hydrogens is 350 g/mol. The van der Waals surface area contributed by atoms with Gasteiger partial charge in [-0.05, 0) is 42.5 Å². The average molecular weight is 367 g/mol. The lowest BCUT2D eigenvalue weighted by Crippen LogP contribution is -2.21. The van der Waals surface area contributed by atoms with Crippen LogP contribution in [-0.2, 0) is 14.3 Å². The summed E-state index contributed by atoms with van der Waals surface area (Å²) < 4.78 is 10.1. The number of hydrogen-bond donors (Lipinski definition) is 2. The molecule has 2 rings (SSSR count). The van der Waals surface area contributed by atoms with Crippen LogP contribution in [0.15, 0.2) is 42.5 Å². The summed E-state index contributed by atoms with van der Waals surface area (Å²) in [6.45, 7) is 0.859. The minimum atomic E-state index is -0.686. The normalized spacial score (nSPS) is 9.67. The molecular formula is C19H17N3O5. The van der Waals surface area contributed by atoms with E-state index in [1.165, 1.54) is 44.4 Å². The third-order valence-corrected chi connectivity index (χ3v) is 3.38. The molecule has 0 aromatic heterocycles. The zero-order valence-electron chi connectivity index (χ0n) is 14.7. The fourth-order valence-electron chi connectivity index (χ4n) is 2.17. The molecule has 0 atom stereocenters. The minimum Gasteiger partial charge on any atom is -0.495 e. The standard InChI is InChI=1S/C19H17N3O5/c1-12(23)21-15-7-8-17(26-2)16(9-15)22-18(24)11-27-19(25)14-5-3-13(10-20)4-6-14/h3-9H,11H2,1-2H3,(H,21,23)(H,22,24). The zero-order valence-corrected chi connectivity index (χ0v) is 14.7. The quantitative estimate of drug-likeness (QED) is 0.757. The number of nitrogens with one attached hydrogen (secondary N) is 2. The van der Waals surface area contributed by atoms with Crippen LogP contribution in [0.5, 0.6) is 5.75 Å². The second-order valence-electron chi connectivity index (χ2n) is 5.41. The van der Waals surface area contributed by atoms with Gasteiger partial charge in [-0.2, -0.15) is 5.26 Å². The fourth-order valence-corrected chi connectivity index (χ4v) is 2.17. The van der Waals surface area contributed by atoms with Crippen LogP contribution in [0, 0.1) is 11.3 Å². The van der Waals surface area contributed by atoms with Crippen molar-refractivity contribution in [1.82, 2.24) is 0 Å². The molecule has 0 bridgehead atoms. The number of methoxy groups -OCH3 is 1. The van der Waals surface area contributed by atoms with E-state index in [1.807, 2.05) is 6.07 Å². The average Bonchev–Trinajstić information content (AvgIpc) is 2.66. The van der Waals surface area contributed by atoms with Crippen molar-refractivity contribution in [3.8, 4) is 11.8 Å². The van der Waals surface area contributed by atoms with Crippen molar-refractivity contribution in [3.63, 3.8) is 0 Å². The number of benzene rings is 2. The number of amides is 2. The molecule has 0 aliphatic heterocycles. The second-order valence-corrected chi connectivity index (χ2v) is 5.41. The molecule has 8 nitrogen and oxygen atoms in total. The summed E-state index contributed by atoms with van der Waals surface area (Å²) in [6, 6.07) is 12.5. The van der Waals surface area contributed by atoms with Gasteiger partial charge in [0, 0.05) is 12.6 Å². The van der Waals surface area contributed by atoms with Crippen LogP contribution in [0.1, 0.15) is 22.8 Å². The molecule has 0 aliphatic carbocycles. The van der Waals surface area contributed by atoms with E-state index in [0.717, 1.165) is 0 Å². The van der Waals surface area contributed by atoms with Gasteiger partial charge in [-0.25, -0.2) is 4.79 Å². The number of esters is 1. The monoisotopic (exact) mass is 367 g/mol. The molecule has 0 aliphatic rings. The smallest absolute Gasteiger partial charge is 0.338 e. The number of nitriles is 1. The molecule has 0 spiro atoms. The topological polar surface area (TPSA) is 118 Å². The first-order valence-electron chi connectivity index (χ1n) is 7.85. The third-order valence-electron chi connectivity index (χ3n) is 3.38. The number of anilines is 2. The number of ether oxygens (including phenoxy) is 2. The SMILES string of the molecule is COc1ccc(NC(C)=O)cc1NC(=O)COC(=O)c1ccc(C#N)cc1. The lowest BCUT2D eigenvalue weighted by molar-refractivity contribution is -0.119. The largest absolute Gasteiger partial charge is 0.495 e. The van der Waals surface area contributed by atoms with Gasteiger partial charge in [0.15, 0.2) is 6.61 Å². The Morgan fingerprint density at radius 1 is 1.07 bits per heavy atom. The van der Waals surface area contributed by atoms with E-state index in [4.69, 9.17) is 14.7 Å². The predicted molar refractivity (Wildman–Crippen MR) is 97.4 cm³/mol. The van der Waals surface area contributed by atoms with Gasteiger partial charge in [0.2, 0.25) is 5.91 Å². The maximum Gasteiger partial charge on any atom is 0.338 e. The summed E-state index contributed by atoms with van der Waals surface area (Å²) >= 11 is 0. The highest BCUT2D eigenvalue weighted by Crippen LogP contribution is 2.27. The first-order chi connectivity index (χ1) is 12.9. The lowest BCUT2D eigenvalue weighted by Gasteiger charge is -2.12. The first kappa shape index (κ1) is 19.5. The number of carbonyl (C=O) groups excluding carboxylic acids is 3. The molecule has 2 N–H and O–H groups in total. The molecule has 0 heterocycles. The number of rotatable bonds is 6. The van der Waals surface area contributed by atoms with Gasteiger partial charge < -0.3 is 20.1 Å². The van der Waals surface area contributed by atoms with E-state index in [0.29, 0.717) is 22.7 Å². The van der Waals surface area contributed by atoms with Gasteiger partial charge in [-0.3, -0.25) is 9.59 Å². The van der Waals surface area contributed by atoms with E-state index in [1.54, 1.807) is 12.1 Å². The highest BCUT2D eigenvalue weighted by Gasteiger charge is 2.13. The summed E-state index contributed by atoms with van der Waals surface area (Å²) in [4.78, 5) is 35.2. The Labute approximate surface area is 155 Å². The summed E-state index contributed by atoms with van der Waals surface area (Å²) in [5.41, 5.74) is 1.44. The van der Waals surface area contributed by atoms with Crippen molar-refractivity contribution in [2.75, 3.05) is 24.4 Å². The van der Waals surface area contributed by atoms with Crippen LogP contribution >= 0.6 is 0 Å². The van der Waals surface area contributed by atoms with E-state index < -0.39 is 18.5 Å². The molecule has 2 amide bonds. The molecule has 0 saturated carbocycles. The van der Waals surface area contributed by atoms with Crippen molar-refractivity contribution in [2.24, 2.45) is 0 Å². The van der Waals surface area contributed by atoms with Gasteiger partial charge in [0.25, 0.3) is 5.91 Å². The van der Waals surface area contributed by atoms with Crippen LogP contribution in [-0.4, -0.2) is 31.5 Å². The molecule has 0 radical (unpaired) electrons. The highest BCUT2D eigenvalue weighted by atomic mass is 16.5. The van der Waals surface area contributed by atoms with E-state index in [9.17, 15) is 14.4 Å². The first-order valence-corrected chi connectivity index (χ1v) is 7.85. The van der Waals surface area contributed by atoms with Crippen LogP contribution in [0.2, 0.25) is 0 Å². The van der Waals surface area contributed by atoms with Crippen molar-refractivity contribution < 1.29 is 23.9 Å². The molecule has 2 aromatic rings. The maximum absolute atomic E-state index is 12.1. The molecule has 27 heavy (non-hydrogen) atoms. The van der Waals surface area contributed by atoms with Crippen molar-refractivity contribution >= 4 is 29.2 Å². The van der Waals surface area contributed by atoms with E-state index in [-0.39, 0.29) is 11.5 Å². The Morgan fingerprint density at radius 2 is 1.78 bits per heavy atom. The fraction of sp³-hybridized carbons (Fsp3) is 0.158. The Kier molecular flexibility index (Phi) is 6.49. The van der Waals surface area contributed by atoms with Gasteiger partial charge in [-0.1, -0.05) is 0 Å². The van der Waals surface area contributed by atoms with Crippen LogP contribution in [0.4, 0.5) is 11.4 Å². The number of hydrogen-bond acceptors (Lipinski definition) is 6. The maximum atomic E-state index is 12.1. The molecule has 138 valence electrons. The van der Waals surface area contributed by atoms with Gasteiger partial charge in [0.05, 0.1) is 30.0 Å². The predicted octanol–water partition coefficient (Wildman–Crippen LogP) is 2.32. The summed E-state index contributed by atoms with van der Waals surface area (Å²) in [6.07, 6.45) is 0. The van der Waals surface area contributed by atoms with Gasteiger partial charge >= 0.3 is 5.97 Å². The Balaban J connectivity index is 1.99. The minimum absolute atomic E-state index is 0.229. The Hall–Kier alpha value is -3.86. The van der Waals surface area contributed by atoms with Crippen LogP contribution in [0.25, 0.3) is 0 Å². The van der Waals surface area contributed by atoms with Crippen LogP contribution < -0.4 is 15.4 Å². The molecule has 2 aromatic carbocycles. The molecule has 8 heteroatoms.